The van der Waals surface area contributed by atoms with E-state index in [1.807, 2.05) is 72.8 Å². The topological polar surface area (TPSA) is 0 Å². The Balaban J connectivity index is 2.11. The molecule has 0 saturated carbocycles. The standard InChI is InChI=1S/C26H22P2S4/c29-26(30)25(27(31,21-13-5-1-6-14-21)22-15-7-2-8-16-22)28(32,23-17-9-3-10-18-23)24-19-11-4-12-20-24/h1-20,29-30H/p-2. The van der Waals surface area contributed by atoms with E-state index in [9.17, 15) is 0 Å². The molecule has 0 radical (unpaired) electrons. The zero-order chi connectivity index (χ0) is 22.6. The molecule has 6 heteroatoms. The van der Waals surface area contributed by atoms with Crippen LogP contribution in [-0.2, 0) is 49.8 Å². The van der Waals surface area contributed by atoms with Crippen LogP contribution in [0.1, 0.15) is 0 Å². The fraction of sp³-hybridized carbons (Fsp3) is 0. The molecule has 4 aromatic rings. The SMILES string of the molecule is [S-]C([S-])=C([P+]([S-])(c1ccccc1)c1ccccc1)[P+]([S-])(c1ccccc1)c1ccccc1. The minimum atomic E-state index is -2.59. The second-order valence-electron chi connectivity index (χ2n) is 7.17. The van der Waals surface area contributed by atoms with E-state index in [0.29, 0.717) is 4.24 Å². The summed E-state index contributed by atoms with van der Waals surface area (Å²) in [5.74, 6) is 0. The van der Waals surface area contributed by atoms with Gasteiger partial charge in [0.2, 0.25) is 0 Å². The third kappa shape index (κ3) is 4.38. The molecule has 32 heavy (non-hydrogen) atoms. The van der Waals surface area contributed by atoms with E-state index >= 15 is 0 Å². The molecule has 0 aliphatic rings. The lowest BCUT2D eigenvalue weighted by Crippen LogP contribution is -2.30. The highest BCUT2D eigenvalue weighted by Crippen LogP contribution is 2.80. The van der Waals surface area contributed by atoms with Crippen LogP contribution in [-0.4, -0.2) is 0 Å². The van der Waals surface area contributed by atoms with Gasteiger partial charge >= 0.3 is 0 Å². The summed E-state index contributed by atoms with van der Waals surface area (Å²) >= 11 is 24.9. The van der Waals surface area contributed by atoms with Crippen molar-refractivity contribution in [1.82, 2.24) is 0 Å². The van der Waals surface area contributed by atoms with Crippen molar-refractivity contribution in [2.24, 2.45) is 0 Å². The Kier molecular flexibility index (Phi) is 7.62. The van der Waals surface area contributed by atoms with Crippen LogP contribution in [0, 0.1) is 0 Å². The van der Waals surface area contributed by atoms with Gasteiger partial charge in [-0.2, -0.15) is 0 Å². The predicted octanol–water partition coefficient (Wildman–Crippen LogP) is 5.47. The van der Waals surface area contributed by atoms with Crippen molar-refractivity contribution in [3.05, 3.63) is 131 Å². The molecule has 0 N–H and O–H groups in total. The first-order valence-electron chi connectivity index (χ1n) is 10.0. The summed E-state index contributed by atoms with van der Waals surface area (Å²) in [7, 11) is 0. The molecular formula is C26H20P2S4-2. The van der Waals surface area contributed by atoms with Crippen LogP contribution in [0.15, 0.2) is 131 Å². The first-order chi connectivity index (χ1) is 15.5. The number of rotatable bonds is 6. The molecule has 0 fully saturated rings. The van der Waals surface area contributed by atoms with Gasteiger partial charge in [-0.25, -0.2) is 0 Å². The smallest absolute Gasteiger partial charge is 0.137 e. The van der Waals surface area contributed by atoms with Crippen molar-refractivity contribution in [2.45, 2.75) is 0 Å². The third-order valence-corrected chi connectivity index (χ3v) is 18.3. The van der Waals surface area contributed by atoms with Crippen LogP contribution in [0.2, 0.25) is 0 Å². The maximum atomic E-state index is 6.66. The lowest BCUT2D eigenvalue weighted by Gasteiger charge is -2.47. The van der Waals surface area contributed by atoms with Gasteiger partial charge in [-0.15, -0.1) is 0 Å². The van der Waals surface area contributed by atoms with Crippen molar-refractivity contribution in [3.63, 3.8) is 0 Å². The van der Waals surface area contributed by atoms with Gasteiger partial charge in [-0.1, -0.05) is 72.8 Å². The number of benzene rings is 4. The minimum Gasteiger partial charge on any atom is -0.801 e. The van der Waals surface area contributed by atoms with Gasteiger partial charge in [0.25, 0.3) is 0 Å². The van der Waals surface area contributed by atoms with Crippen LogP contribution in [0.3, 0.4) is 0 Å². The van der Waals surface area contributed by atoms with E-state index in [4.69, 9.17) is 49.8 Å². The average molecular weight is 523 g/mol. The highest BCUT2D eigenvalue weighted by Gasteiger charge is 2.47. The number of hydrogen-bond donors (Lipinski definition) is 0. The van der Waals surface area contributed by atoms with Gasteiger partial charge in [0, 0.05) is 12.9 Å². The molecule has 0 aromatic heterocycles. The van der Waals surface area contributed by atoms with Gasteiger partial charge in [-0.05, 0) is 48.5 Å². The summed E-state index contributed by atoms with van der Waals surface area (Å²) in [6.45, 7) is -5.19. The molecule has 0 aliphatic carbocycles. The van der Waals surface area contributed by atoms with E-state index in [2.05, 4.69) is 48.5 Å². The Morgan fingerprint density at radius 3 is 0.812 bits per heavy atom. The van der Waals surface area contributed by atoms with Crippen LogP contribution in [0.4, 0.5) is 0 Å². The highest BCUT2D eigenvalue weighted by molar-refractivity contribution is 8.61. The minimum absolute atomic E-state index is 0.400. The summed E-state index contributed by atoms with van der Waals surface area (Å²) in [5.41, 5.74) is 0. The fourth-order valence-electron chi connectivity index (χ4n) is 3.79. The van der Waals surface area contributed by atoms with Crippen LogP contribution in [0.25, 0.3) is 0 Å². The van der Waals surface area contributed by atoms with E-state index in [1.54, 1.807) is 0 Å². The lowest BCUT2D eigenvalue weighted by atomic mass is 10.4. The second kappa shape index (κ2) is 10.3. The lowest BCUT2D eigenvalue weighted by molar-refractivity contribution is 1.74. The van der Waals surface area contributed by atoms with E-state index in [1.165, 1.54) is 0 Å². The molecule has 0 amide bonds. The van der Waals surface area contributed by atoms with Crippen molar-refractivity contribution in [1.29, 1.82) is 0 Å². The van der Waals surface area contributed by atoms with Crippen molar-refractivity contribution in [2.75, 3.05) is 0 Å². The molecule has 0 unspecified atom stereocenters. The summed E-state index contributed by atoms with van der Waals surface area (Å²) in [6.07, 6.45) is 0. The maximum absolute atomic E-state index is 6.66. The maximum Gasteiger partial charge on any atom is 0.137 e. The van der Waals surface area contributed by atoms with Gasteiger partial charge in [0.15, 0.2) is 0 Å². The highest BCUT2D eigenvalue weighted by atomic mass is 32.7. The average Bonchev–Trinajstić information content (AvgIpc) is 2.86. The van der Waals surface area contributed by atoms with E-state index in [-0.39, 0.29) is 0 Å². The molecule has 0 spiro atoms. The monoisotopic (exact) mass is 522 g/mol. The quantitative estimate of drug-likeness (QED) is 0.243. The van der Waals surface area contributed by atoms with Gasteiger partial charge in [0.1, 0.15) is 5.06 Å². The Labute approximate surface area is 213 Å². The first-order valence-corrected chi connectivity index (χ1v) is 16.4. The Morgan fingerprint density at radius 2 is 0.625 bits per heavy atom. The normalized spacial score (nSPS) is 11.7. The molecule has 0 bridgehead atoms. The van der Waals surface area contributed by atoms with Crippen molar-refractivity contribution < 1.29 is 0 Å². The van der Waals surface area contributed by atoms with Gasteiger partial charge in [0.05, 0.1) is 21.2 Å². The fourth-order valence-corrected chi connectivity index (χ4v) is 18.2. The molecule has 4 rings (SSSR count). The summed E-state index contributed by atoms with van der Waals surface area (Å²) < 4.78 is 0.400. The molecule has 0 saturated heterocycles. The summed E-state index contributed by atoms with van der Waals surface area (Å²) in [4.78, 5) is 0. The summed E-state index contributed by atoms with van der Waals surface area (Å²) in [6, 6.07) is 41.0. The van der Waals surface area contributed by atoms with Gasteiger partial charge in [-0.3, -0.25) is 4.24 Å². The number of hydrogen-bond acceptors (Lipinski definition) is 4. The van der Waals surface area contributed by atoms with Crippen molar-refractivity contribution >= 4 is 83.9 Å². The van der Waals surface area contributed by atoms with Gasteiger partial charge < -0.3 is 49.8 Å². The Hall–Kier alpha value is -1.38. The Bertz CT molecular complexity index is 1020. The predicted molar refractivity (Wildman–Crippen MR) is 155 cm³/mol. The molecule has 4 aromatic carbocycles. The molecule has 160 valence electrons. The van der Waals surface area contributed by atoms with Crippen LogP contribution in [0.5, 0.6) is 0 Å². The first kappa shape index (κ1) is 23.8. The molecular weight excluding hydrogens is 503 g/mol. The van der Waals surface area contributed by atoms with Crippen LogP contribution >= 0.6 is 12.9 Å². The molecule has 0 atom stereocenters. The summed E-state index contributed by atoms with van der Waals surface area (Å²) in [5, 5.41) is 5.14. The second-order valence-corrected chi connectivity index (χ2v) is 17.3. The largest absolute Gasteiger partial charge is 0.801 e. The zero-order valence-electron chi connectivity index (χ0n) is 17.1. The molecule has 0 nitrogen and oxygen atoms in total. The van der Waals surface area contributed by atoms with Crippen molar-refractivity contribution in [3.8, 4) is 0 Å². The Morgan fingerprint density at radius 1 is 0.406 bits per heavy atom. The molecule has 0 aliphatic heterocycles. The van der Waals surface area contributed by atoms with E-state index < -0.39 is 12.9 Å². The molecule has 0 heterocycles. The third-order valence-electron chi connectivity index (χ3n) is 5.26. The van der Waals surface area contributed by atoms with Crippen LogP contribution < -0.4 is 21.2 Å². The van der Waals surface area contributed by atoms with E-state index in [0.717, 1.165) is 26.3 Å². The zero-order valence-corrected chi connectivity index (χ0v) is 22.1.